The number of allylic oxidation sites excluding steroid dienone is 2. The maximum Gasteiger partial charge on any atom is 0.118 e. The van der Waals surface area contributed by atoms with E-state index in [0.717, 1.165) is 5.75 Å². The van der Waals surface area contributed by atoms with Crippen molar-refractivity contribution < 1.29 is 4.74 Å². The van der Waals surface area contributed by atoms with Crippen molar-refractivity contribution in [2.24, 2.45) is 0 Å². The molecular formula is C28H22O. The predicted octanol–water partition coefficient (Wildman–Crippen LogP) is 6.61. The van der Waals surface area contributed by atoms with E-state index in [1.54, 1.807) is 7.11 Å². The molecule has 140 valence electrons. The first-order valence-corrected chi connectivity index (χ1v) is 9.92. The molecule has 1 aliphatic rings. The Morgan fingerprint density at radius 3 is 1.34 bits per heavy atom. The summed E-state index contributed by atoms with van der Waals surface area (Å²) in [4.78, 5) is 0. The topological polar surface area (TPSA) is 9.23 Å². The monoisotopic (exact) mass is 374 g/mol. The number of hydrogen-bond acceptors (Lipinski definition) is 1. The number of rotatable bonds is 5. The molecular weight excluding hydrogens is 352 g/mol. The van der Waals surface area contributed by atoms with Crippen LogP contribution in [0.4, 0.5) is 0 Å². The molecule has 0 atom stereocenters. The molecule has 4 aromatic rings. The average Bonchev–Trinajstić information content (AvgIpc) is 3.52. The zero-order chi connectivity index (χ0) is 19.7. The Hall–Kier alpha value is -3.58. The van der Waals surface area contributed by atoms with Crippen LogP contribution >= 0.6 is 0 Å². The zero-order valence-electron chi connectivity index (χ0n) is 16.4. The van der Waals surface area contributed by atoms with Crippen LogP contribution in [0.3, 0.4) is 0 Å². The molecule has 0 unspecified atom stereocenters. The van der Waals surface area contributed by atoms with Gasteiger partial charge < -0.3 is 4.74 Å². The summed E-state index contributed by atoms with van der Waals surface area (Å²) >= 11 is 0. The van der Waals surface area contributed by atoms with Crippen molar-refractivity contribution in [3.8, 4) is 5.75 Å². The van der Waals surface area contributed by atoms with Gasteiger partial charge in [-0.2, -0.15) is 0 Å². The second kappa shape index (κ2) is 7.10. The van der Waals surface area contributed by atoms with Crippen molar-refractivity contribution in [2.45, 2.75) is 5.41 Å². The lowest BCUT2D eigenvalue weighted by Crippen LogP contribution is -2.15. The first kappa shape index (κ1) is 17.5. The molecule has 0 radical (unpaired) electrons. The third-order valence-corrected chi connectivity index (χ3v) is 5.79. The van der Waals surface area contributed by atoms with Gasteiger partial charge in [-0.05, 0) is 45.5 Å². The Balaban J connectivity index is 1.78. The van der Waals surface area contributed by atoms with Crippen LogP contribution < -0.4 is 4.74 Å². The van der Waals surface area contributed by atoms with Gasteiger partial charge in [0.05, 0.1) is 12.5 Å². The number of methoxy groups -OCH3 is 1. The largest absolute Gasteiger partial charge is 0.497 e. The second-order valence-corrected chi connectivity index (χ2v) is 7.33. The van der Waals surface area contributed by atoms with Crippen LogP contribution in [-0.4, -0.2) is 7.11 Å². The van der Waals surface area contributed by atoms with Crippen molar-refractivity contribution in [2.75, 3.05) is 7.11 Å². The molecule has 0 saturated carbocycles. The Labute approximate surface area is 171 Å². The Kier molecular flexibility index (Phi) is 4.29. The molecule has 29 heavy (non-hydrogen) atoms. The summed E-state index contributed by atoms with van der Waals surface area (Å²) in [6.07, 6.45) is 0. The van der Waals surface area contributed by atoms with Crippen LogP contribution in [0.25, 0.3) is 11.1 Å². The van der Waals surface area contributed by atoms with Gasteiger partial charge >= 0.3 is 0 Å². The molecule has 5 rings (SSSR count). The van der Waals surface area contributed by atoms with E-state index in [-0.39, 0.29) is 5.41 Å². The van der Waals surface area contributed by atoms with E-state index in [0.29, 0.717) is 0 Å². The van der Waals surface area contributed by atoms with Gasteiger partial charge in [0.15, 0.2) is 0 Å². The van der Waals surface area contributed by atoms with Gasteiger partial charge in [-0.25, -0.2) is 0 Å². The first-order chi connectivity index (χ1) is 14.4. The van der Waals surface area contributed by atoms with Crippen LogP contribution in [0.1, 0.15) is 22.3 Å². The molecule has 0 fully saturated rings. The lowest BCUT2D eigenvalue weighted by atomic mass is 9.79. The highest BCUT2D eigenvalue weighted by molar-refractivity contribution is 6.21. The van der Waals surface area contributed by atoms with E-state index in [1.165, 1.54) is 33.4 Å². The van der Waals surface area contributed by atoms with Crippen molar-refractivity contribution >= 4 is 11.1 Å². The van der Waals surface area contributed by atoms with Gasteiger partial charge in [0.25, 0.3) is 0 Å². The van der Waals surface area contributed by atoms with Gasteiger partial charge in [0, 0.05) is 0 Å². The van der Waals surface area contributed by atoms with Crippen LogP contribution in [0.5, 0.6) is 5.75 Å². The summed E-state index contributed by atoms with van der Waals surface area (Å²) in [5, 5.41) is 0. The lowest BCUT2D eigenvalue weighted by molar-refractivity contribution is 0.414. The van der Waals surface area contributed by atoms with Crippen molar-refractivity contribution in [3.05, 3.63) is 138 Å². The lowest BCUT2D eigenvalue weighted by Gasteiger charge is -2.23. The molecule has 0 bridgehead atoms. The molecule has 4 aromatic carbocycles. The van der Waals surface area contributed by atoms with E-state index in [4.69, 9.17) is 4.74 Å². The van der Waals surface area contributed by atoms with Crippen LogP contribution in [-0.2, 0) is 5.41 Å². The van der Waals surface area contributed by atoms with Crippen LogP contribution in [0.2, 0.25) is 0 Å². The molecule has 0 N–H and O–H groups in total. The maximum atomic E-state index is 5.42. The maximum absolute atomic E-state index is 5.42. The third kappa shape index (κ3) is 2.78. The van der Waals surface area contributed by atoms with Gasteiger partial charge in [-0.15, -0.1) is 0 Å². The molecule has 0 amide bonds. The molecule has 0 saturated heterocycles. The van der Waals surface area contributed by atoms with E-state index in [2.05, 4.69) is 115 Å². The smallest absolute Gasteiger partial charge is 0.118 e. The molecule has 1 aliphatic carbocycles. The zero-order valence-corrected chi connectivity index (χ0v) is 16.4. The summed E-state index contributed by atoms with van der Waals surface area (Å²) < 4.78 is 5.42. The van der Waals surface area contributed by atoms with Gasteiger partial charge in [-0.3, -0.25) is 0 Å². The second-order valence-electron chi connectivity index (χ2n) is 7.33. The van der Waals surface area contributed by atoms with E-state index in [9.17, 15) is 0 Å². The highest BCUT2D eigenvalue weighted by Crippen LogP contribution is 2.67. The highest BCUT2D eigenvalue weighted by atomic mass is 16.5. The van der Waals surface area contributed by atoms with Crippen molar-refractivity contribution in [1.29, 1.82) is 0 Å². The van der Waals surface area contributed by atoms with E-state index < -0.39 is 0 Å². The number of ether oxygens (including phenoxy) is 1. The third-order valence-electron chi connectivity index (χ3n) is 5.79. The minimum atomic E-state index is -0.254. The Morgan fingerprint density at radius 2 is 0.897 bits per heavy atom. The minimum Gasteiger partial charge on any atom is -0.497 e. The van der Waals surface area contributed by atoms with E-state index >= 15 is 0 Å². The summed E-state index contributed by atoms with van der Waals surface area (Å²) in [6, 6.07) is 40.8. The van der Waals surface area contributed by atoms with Crippen molar-refractivity contribution in [1.82, 2.24) is 0 Å². The first-order valence-electron chi connectivity index (χ1n) is 9.92. The van der Waals surface area contributed by atoms with Crippen LogP contribution in [0, 0.1) is 0 Å². The summed E-state index contributed by atoms with van der Waals surface area (Å²) in [7, 11) is 1.71. The Morgan fingerprint density at radius 1 is 0.483 bits per heavy atom. The number of hydrogen-bond donors (Lipinski definition) is 0. The highest BCUT2D eigenvalue weighted by Gasteiger charge is 2.56. The fourth-order valence-electron chi connectivity index (χ4n) is 4.49. The van der Waals surface area contributed by atoms with Crippen molar-refractivity contribution in [3.63, 3.8) is 0 Å². The van der Waals surface area contributed by atoms with Gasteiger partial charge in [-0.1, -0.05) is 103 Å². The number of benzene rings is 4. The molecule has 0 spiro atoms. The SMILES string of the molecule is COc1ccc(C2(c3ccccc3)C(c3ccccc3)=C2c2ccccc2)cc1. The van der Waals surface area contributed by atoms with Gasteiger partial charge in [0.1, 0.15) is 5.75 Å². The van der Waals surface area contributed by atoms with E-state index in [1.807, 2.05) is 0 Å². The Bertz CT molecular complexity index is 1090. The predicted molar refractivity (Wildman–Crippen MR) is 120 cm³/mol. The molecule has 1 nitrogen and oxygen atoms in total. The standard InChI is InChI=1S/C28H22O/c1-29-25-19-17-24(18-20-25)28(23-15-9-4-10-16-23)26(21-11-5-2-6-12-21)27(28)22-13-7-3-8-14-22/h2-20H,1H3. The molecule has 0 aromatic heterocycles. The average molecular weight is 374 g/mol. The molecule has 1 heteroatoms. The molecule has 0 aliphatic heterocycles. The quantitative estimate of drug-likeness (QED) is 0.382. The minimum absolute atomic E-state index is 0.254. The summed E-state index contributed by atoms with van der Waals surface area (Å²) in [5.74, 6) is 0.875. The molecule has 0 heterocycles. The summed E-state index contributed by atoms with van der Waals surface area (Å²) in [5.41, 5.74) is 7.60. The normalized spacial score (nSPS) is 14.5. The van der Waals surface area contributed by atoms with Gasteiger partial charge in [0.2, 0.25) is 0 Å². The summed E-state index contributed by atoms with van der Waals surface area (Å²) in [6.45, 7) is 0. The fraction of sp³-hybridized carbons (Fsp3) is 0.0714. The fourth-order valence-corrected chi connectivity index (χ4v) is 4.49. The van der Waals surface area contributed by atoms with Crippen LogP contribution in [0.15, 0.2) is 115 Å².